The standard InChI is InChI=1S/C15H22N2O2S/c1-3-5-12-8-11(14(18)19)9-13(17-12)16-10-15(2)6-4-7-20-15/h8-9H,3-7,10H2,1-2H3,(H,16,17)(H,18,19). The van der Waals surface area contributed by atoms with Gasteiger partial charge in [0.1, 0.15) is 5.82 Å². The number of nitrogens with one attached hydrogen (secondary N) is 1. The smallest absolute Gasteiger partial charge is 0.335 e. The molecule has 1 aromatic rings. The van der Waals surface area contributed by atoms with Gasteiger partial charge in [0, 0.05) is 17.0 Å². The van der Waals surface area contributed by atoms with Crippen LogP contribution in [0.25, 0.3) is 0 Å². The summed E-state index contributed by atoms with van der Waals surface area (Å²) in [5.74, 6) is 0.998. The fourth-order valence-electron chi connectivity index (χ4n) is 2.44. The third kappa shape index (κ3) is 3.88. The van der Waals surface area contributed by atoms with E-state index in [2.05, 4.69) is 24.1 Å². The van der Waals surface area contributed by atoms with E-state index in [0.717, 1.165) is 25.1 Å². The summed E-state index contributed by atoms with van der Waals surface area (Å²) in [6.45, 7) is 5.16. The number of rotatable bonds is 6. The minimum absolute atomic E-state index is 0.242. The molecule has 2 rings (SSSR count). The molecule has 1 aromatic heterocycles. The van der Waals surface area contributed by atoms with Crippen molar-refractivity contribution in [2.45, 2.75) is 44.3 Å². The van der Waals surface area contributed by atoms with Crippen LogP contribution in [0.2, 0.25) is 0 Å². The summed E-state index contributed by atoms with van der Waals surface area (Å²) in [4.78, 5) is 15.7. The normalized spacial score (nSPS) is 21.9. The summed E-state index contributed by atoms with van der Waals surface area (Å²) in [7, 11) is 0. The molecule has 110 valence electrons. The van der Waals surface area contributed by atoms with Crippen molar-refractivity contribution in [3.05, 3.63) is 23.4 Å². The fourth-order valence-corrected chi connectivity index (χ4v) is 3.68. The van der Waals surface area contributed by atoms with Crippen molar-refractivity contribution >= 4 is 23.5 Å². The number of carbonyl (C=O) groups is 1. The van der Waals surface area contributed by atoms with Gasteiger partial charge in [-0.3, -0.25) is 0 Å². The maximum Gasteiger partial charge on any atom is 0.335 e. The van der Waals surface area contributed by atoms with Crippen LogP contribution in [0.15, 0.2) is 12.1 Å². The molecule has 1 atom stereocenters. The second-order valence-corrected chi connectivity index (χ2v) is 7.23. The van der Waals surface area contributed by atoms with Crippen molar-refractivity contribution in [3.63, 3.8) is 0 Å². The lowest BCUT2D eigenvalue weighted by atomic mass is 10.1. The van der Waals surface area contributed by atoms with Crippen LogP contribution in [0, 0.1) is 0 Å². The topological polar surface area (TPSA) is 62.2 Å². The Bertz CT molecular complexity index is 485. The number of aromatic nitrogens is 1. The predicted octanol–water partition coefficient (Wildman–Crippen LogP) is 3.43. The van der Waals surface area contributed by atoms with E-state index in [1.165, 1.54) is 18.6 Å². The summed E-state index contributed by atoms with van der Waals surface area (Å²) < 4.78 is 0.242. The van der Waals surface area contributed by atoms with Crippen molar-refractivity contribution in [3.8, 4) is 0 Å². The van der Waals surface area contributed by atoms with Gasteiger partial charge in [-0.25, -0.2) is 9.78 Å². The summed E-state index contributed by atoms with van der Waals surface area (Å²) in [5.41, 5.74) is 1.16. The Morgan fingerprint density at radius 1 is 1.55 bits per heavy atom. The molecule has 0 bridgehead atoms. The predicted molar refractivity (Wildman–Crippen MR) is 83.8 cm³/mol. The first kappa shape index (κ1) is 15.2. The first-order valence-electron chi connectivity index (χ1n) is 7.14. The molecule has 2 heterocycles. The number of hydrogen-bond acceptors (Lipinski definition) is 4. The minimum Gasteiger partial charge on any atom is -0.478 e. The van der Waals surface area contributed by atoms with E-state index in [0.29, 0.717) is 11.4 Å². The number of carboxylic acid groups (broad SMARTS) is 1. The number of aromatic carboxylic acids is 1. The minimum atomic E-state index is -0.894. The number of anilines is 1. The number of hydrogen-bond donors (Lipinski definition) is 2. The lowest BCUT2D eigenvalue weighted by molar-refractivity contribution is 0.0696. The van der Waals surface area contributed by atoms with Gasteiger partial charge < -0.3 is 10.4 Å². The van der Waals surface area contributed by atoms with Gasteiger partial charge in [0.2, 0.25) is 0 Å². The maximum atomic E-state index is 11.2. The fraction of sp³-hybridized carbons (Fsp3) is 0.600. The summed E-state index contributed by atoms with van der Waals surface area (Å²) >= 11 is 1.98. The highest BCUT2D eigenvalue weighted by atomic mass is 32.2. The van der Waals surface area contributed by atoms with E-state index in [9.17, 15) is 9.90 Å². The van der Waals surface area contributed by atoms with E-state index >= 15 is 0 Å². The van der Waals surface area contributed by atoms with Gasteiger partial charge in [-0.1, -0.05) is 13.3 Å². The molecule has 1 saturated heterocycles. The summed E-state index contributed by atoms with van der Waals surface area (Å²) in [6, 6.07) is 3.30. The molecule has 0 radical (unpaired) electrons. The SMILES string of the molecule is CCCc1cc(C(=O)O)cc(NCC2(C)CCCS2)n1. The van der Waals surface area contributed by atoms with Gasteiger partial charge in [-0.2, -0.15) is 11.8 Å². The Balaban J connectivity index is 2.11. The maximum absolute atomic E-state index is 11.2. The first-order chi connectivity index (χ1) is 9.52. The van der Waals surface area contributed by atoms with Crippen LogP contribution >= 0.6 is 11.8 Å². The van der Waals surface area contributed by atoms with Crippen molar-refractivity contribution in [2.75, 3.05) is 17.6 Å². The molecule has 20 heavy (non-hydrogen) atoms. The van der Waals surface area contributed by atoms with Crippen LogP contribution in [-0.2, 0) is 6.42 Å². The molecule has 0 aromatic carbocycles. The van der Waals surface area contributed by atoms with Gasteiger partial charge in [0.15, 0.2) is 0 Å². The molecular weight excluding hydrogens is 272 g/mol. The molecule has 1 fully saturated rings. The van der Waals surface area contributed by atoms with E-state index in [1.807, 2.05) is 11.8 Å². The van der Waals surface area contributed by atoms with Gasteiger partial charge in [-0.15, -0.1) is 0 Å². The highest BCUT2D eigenvalue weighted by Gasteiger charge is 2.29. The van der Waals surface area contributed by atoms with E-state index in [-0.39, 0.29) is 4.75 Å². The molecule has 0 amide bonds. The quantitative estimate of drug-likeness (QED) is 0.841. The summed E-state index contributed by atoms with van der Waals surface area (Å²) in [6.07, 6.45) is 4.22. The van der Waals surface area contributed by atoms with Gasteiger partial charge in [0.25, 0.3) is 0 Å². The van der Waals surface area contributed by atoms with Crippen LogP contribution in [0.1, 0.15) is 49.2 Å². The lowest BCUT2D eigenvalue weighted by Gasteiger charge is -2.23. The zero-order valence-electron chi connectivity index (χ0n) is 12.1. The molecule has 2 N–H and O–H groups in total. The number of nitrogens with zero attached hydrogens (tertiary/aromatic N) is 1. The molecule has 4 nitrogen and oxygen atoms in total. The van der Waals surface area contributed by atoms with E-state index in [1.54, 1.807) is 12.1 Å². The number of carboxylic acids is 1. The number of thioether (sulfide) groups is 1. The van der Waals surface area contributed by atoms with Crippen molar-refractivity contribution < 1.29 is 9.90 Å². The number of aryl methyl sites for hydroxylation is 1. The molecule has 0 aliphatic carbocycles. The van der Waals surface area contributed by atoms with Gasteiger partial charge >= 0.3 is 5.97 Å². The molecule has 1 aliphatic rings. The Morgan fingerprint density at radius 2 is 2.35 bits per heavy atom. The zero-order valence-corrected chi connectivity index (χ0v) is 12.9. The second-order valence-electron chi connectivity index (χ2n) is 5.54. The molecule has 1 aliphatic heterocycles. The second kappa shape index (κ2) is 6.48. The Morgan fingerprint density at radius 3 is 2.95 bits per heavy atom. The molecule has 0 spiro atoms. The van der Waals surface area contributed by atoms with Crippen LogP contribution in [0.3, 0.4) is 0 Å². The Hall–Kier alpha value is -1.23. The van der Waals surface area contributed by atoms with Gasteiger partial charge in [0.05, 0.1) is 5.56 Å². The first-order valence-corrected chi connectivity index (χ1v) is 8.13. The highest BCUT2D eigenvalue weighted by Crippen LogP contribution is 2.37. The summed E-state index contributed by atoms with van der Waals surface area (Å²) in [5, 5.41) is 12.5. The van der Waals surface area contributed by atoms with Crippen LogP contribution < -0.4 is 5.32 Å². The van der Waals surface area contributed by atoms with Crippen molar-refractivity contribution in [2.24, 2.45) is 0 Å². The van der Waals surface area contributed by atoms with E-state index < -0.39 is 5.97 Å². The zero-order chi connectivity index (χ0) is 14.6. The number of pyridine rings is 1. The third-order valence-corrected chi connectivity index (χ3v) is 5.11. The van der Waals surface area contributed by atoms with Gasteiger partial charge in [-0.05, 0) is 44.1 Å². The monoisotopic (exact) mass is 294 g/mol. The third-order valence-electron chi connectivity index (χ3n) is 3.58. The average molecular weight is 294 g/mol. The Labute approximate surface area is 124 Å². The molecule has 5 heteroatoms. The lowest BCUT2D eigenvalue weighted by Crippen LogP contribution is -2.27. The largest absolute Gasteiger partial charge is 0.478 e. The molecule has 0 saturated carbocycles. The van der Waals surface area contributed by atoms with Crippen molar-refractivity contribution in [1.29, 1.82) is 0 Å². The van der Waals surface area contributed by atoms with E-state index in [4.69, 9.17) is 0 Å². The van der Waals surface area contributed by atoms with Crippen LogP contribution in [-0.4, -0.2) is 33.1 Å². The highest BCUT2D eigenvalue weighted by molar-refractivity contribution is 8.00. The average Bonchev–Trinajstić information content (AvgIpc) is 2.84. The Kier molecular flexibility index (Phi) is 4.91. The van der Waals surface area contributed by atoms with Crippen molar-refractivity contribution in [1.82, 2.24) is 4.98 Å². The van der Waals surface area contributed by atoms with Crippen LogP contribution in [0.5, 0.6) is 0 Å². The molecular formula is C15H22N2O2S. The van der Waals surface area contributed by atoms with Crippen LogP contribution in [0.4, 0.5) is 5.82 Å². The molecule has 1 unspecified atom stereocenters.